The van der Waals surface area contributed by atoms with Gasteiger partial charge in [0.1, 0.15) is 12.1 Å². The maximum atomic E-state index is 12.5. The zero-order chi connectivity index (χ0) is 21.2. The van der Waals surface area contributed by atoms with Gasteiger partial charge in [-0.1, -0.05) is 17.3 Å². The predicted molar refractivity (Wildman–Crippen MR) is 109 cm³/mol. The molecule has 0 saturated heterocycles. The Bertz CT molecular complexity index is 1200. The van der Waals surface area contributed by atoms with Crippen LogP contribution in [0, 0.1) is 0 Å². The minimum absolute atomic E-state index is 0.128. The normalized spacial score (nSPS) is 11.9. The molecule has 29 heavy (non-hydrogen) atoms. The van der Waals surface area contributed by atoms with Crippen molar-refractivity contribution in [1.29, 1.82) is 0 Å². The highest BCUT2D eigenvalue weighted by Crippen LogP contribution is 2.19. The van der Waals surface area contributed by atoms with Crippen molar-refractivity contribution in [2.24, 2.45) is 0 Å². The molecular weight excluding hydrogens is 394 g/mol. The van der Waals surface area contributed by atoms with E-state index < -0.39 is 21.5 Å². The number of fused-ring (bicyclic) bond motifs is 1. The Hall–Kier alpha value is -3.11. The van der Waals surface area contributed by atoms with Crippen LogP contribution >= 0.6 is 0 Å². The Morgan fingerprint density at radius 2 is 1.79 bits per heavy atom. The fraction of sp³-hybridized carbons (Fsp3) is 0.263. The molecule has 0 radical (unpaired) electrons. The van der Waals surface area contributed by atoms with Crippen LogP contribution in [0.3, 0.4) is 0 Å². The van der Waals surface area contributed by atoms with Crippen LogP contribution in [0.5, 0.6) is 0 Å². The number of sulfonamides is 1. The number of hydrogen-bond donors (Lipinski definition) is 1. The molecule has 10 heteroatoms. The van der Waals surface area contributed by atoms with Crippen molar-refractivity contribution in [1.82, 2.24) is 19.3 Å². The molecule has 1 aromatic heterocycles. The van der Waals surface area contributed by atoms with Gasteiger partial charge in [0.2, 0.25) is 15.9 Å². The second kappa shape index (κ2) is 8.10. The maximum Gasteiger partial charge on any atom is 0.278 e. The number of nitrogens with zero attached hydrogens (tertiary/aromatic N) is 4. The van der Waals surface area contributed by atoms with Crippen molar-refractivity contribution in [3.8, 4) is 0 Å². The lowest BCUT2D eigenvalue weighted by molar-refractivity contribution is -0.117. The van der Waals surface area contributed by atoms with Crippen molar-refractivity contribution in [3.05, 3.63) is 58.9 Å². The number of anilines is 1. The van der Waals surface area contributed by atoms with Crippen LogP contribution in [0.15, 0.2) is 58.2 Å². The number of amides is 1. The first-order valence-corrected chi connectivity index (χ1v) is 10.3. The van der Waals surface area contributed by atoms with Gasteiger partial charge >= 0.3 is 0 Å². The number of hydrogen-bond acceptors (Lipinski definition) is 6. The van der Waals surface area contributed by atoms with E-state index in [1.165, 1.54) is 35.6 Å². The SMILES string of the molecule is CC(C)N(C)S(=O)(=O)c1ccc(NC(=O)Cn2nnc3ccccc3c2=O)cc1. The molecule has 2 aromatic carbocycles. The van der Waals surface area contributed by atoms with Gasteiger partial charge in [-0.05, 0) is 50.2 Å². The molecule has 0 fully saturated rings. The molecule has 0 spiro atoms. The van der Waals surface area contributed by atoms with Gasteiger partial charge in [-0.3, -0.25) is 9.59 Å². The van der Waals surface area contributed by atoms with Crippen molar-refractivity contribution in [2.75, 3.05) is 12.4 Å². The lowest BCUT2D eigenvalue weighted by Crippen LogP contribution is -2.33. The smallest absolute Gasteiger partial charge is 0.278 e. The van der Waals surface area contributed by atoms with Gasteiger partial charge < -0.3 is 5.32 Å². The summed E-state index contributed by atoms with van der Waals surface area (Å²) in [4.78, 5) is 24.8. The standard InChI is InChI=1S/C19H21N5O4S/c1-13(2)23(3)29(27,28)15-10-8-14(9-11-15)20-18(25)12-24-19(26)16-6-4-5-7-17(16)21-22-24/h4-11,13H,12H2,1-3H3,(H,20,25). The highest BCUT2D eigenvalue weighted by atomic mass is 32.2. The van der Waals surface area contributed by atoms with Crippen molar-refractivity contribution in [3.63, 3.8) is 0 Å². The highest BCUT2D eigenvalue weighted by molar-refractivity contribution is 7.89. The van der Waals surface area contributed by atoms with E-state index in [0.29, 0.717) is 16.6 Å². The average molecular weight is 415 g/mol. The quantitative estimate of drug-likeness (QED) is 0.652. The van der Waals surface area contributed by atoms with Crippen LogP contribution in [-0.4, -0.2) is 46.7 Å². The molecule has 0 atom stereocenters. The number of nitrogens with one attached hydrogen (secondary N) is 1. The van der Waals surface area contributed by atoms with Gasteiger partial charge in [-0.25, -0.2) is 13.1 Å². The second-order valence-electron chi connectivity index (χ2n) is 6.76. The third-order valence-electron chi connectivity index (χ3n) is 4.46. The number of aromatic nitrogens is 3. The van der Waals surface area contributed by atoms with Crippen molar-refractivity contribution < 1.29 is 13.2 Å². The Morgan fingerprint density at radius 3 is 2.45 bits per heavy atom. The van der Waals surface area contributed by atoms with E-state index in [9.17, 15) is 18.0 Å². The van der Waals surface area contributed by atoms with Gasteiger partial charge in [0.15, 0.2) is 0 Å². The first-order chi connectivity index (χ1) is 13.7. The largest absolute Gasteiger partial charge is 0.324 e. The predicted octanol–water partition coefficient (Wildman–Crippen LogP) is 1.46. The minimum Gasteiger partial charge on any atom is -0.324 e. The van der Waals surface area contributed by atoms with Crippen LogP contribution in [0.25, 0.3) is 10.9 Å². The summed E-state index contributed by atoms with van der Waals surface area (Å²) in [5.41, 5.74) is 0.448. The monoisotopic (exact) mass is 415 g/mol. The third kappa shape index (κ3) is 4.33. The molecule has 0 aliphatic rings. The molecule has 0 saturated carbocycles. The maximum absolute atomic E-state index is 12.5. The number of rotatable bonds is 6. The molecule has 9 nitrogen and oxygen atoms in total. The molecule has 0 aliphatic heterocycles. The summed E-state index contributed by atoms with van der Waals surface area (Å²) >= 11 is 0. The first kappa shape index (κ1) is 20.6. The molecule has 1 N–H and O–H groups in total. The summed E-state index contributed by atoms with van der Waals surface area (Å²) in [6.07, 6.45) is 0. The second-order valence-corrected chi connectivity index (χ2v) is 8.75. The molecule has 1 heterocycles. The van der Waals surface area contributed by atoms with Gasteiger partial charge in [-0.15, -0.1) is 5.10 Å². The fourth-order valence-electron chi connectivity index (χ4n) is 2.62. The zero-order valence-electron chi connectivity index (χ0n) is 16.2. The van der Waals surface area contributed by atoms with Gasteiger partial charge in [0, 0.05) is 18.8 Å². The molecule has 0 unspecified atom stereocenters. The Kier molecular flexibility index (Phi) is 5.76. The van der Waals surface area contributed by atoms with Crippen molar-refractivity contribution in [2.45, 2.75) is 31.3 Å². The third-order valence-corrected chi connectivity index (χ3v) is 6.51. The van der Waals surface area contributed by atoms with Crippen LogP contribution in [0.1, 0.15) is 13.8 Å². The first-order valence-electron chi connectivity index (χ1n) is 8.90. The van der Waals surface area contributed by atoms with Gasteiger partial charge in [0.05, 0.1) is 10.3 Å². The van der Waals surface area contributed by atoms with Gasteiger partial charge in [-0.2, -0.15) is 4.31 Å². The summed E-state index contributed by atoms with van der Waals surface area (Å²) in [7, 11) is -2.09. The lowest BCUT2D eigenvalue weighted by Gasteiger charge is -2.21. The zero-order valence-corrected chi connectivity index (χ0v) is 17.0. The molecule has 0 aliphatic carbocycles. The molecule has 152 valence electrons. The van der Waals surface area contributed by atoms with E-state index >= 15 is 0 Å². The van der Waals surface area contributed by atoms with Crippen LogP contribution in [0.2, 0.25) is 0 Å². The van der Waals surface area contributed by atoms with E-state index in [1.807, 2.05) is 0 Å². The number of carbonyl (C=O) groups is 1. The molecule has 0 bridgehead atoms. The molecule has 3 rings (SSSR count). The number of carbonyl (C=O) groups excluding carboxylic acids is 1. The van der Waals surface area contributed by atoms with E-state index in [4.69, 9.17) is 0 Å². The Balaban J connectivity index is 1.73. The van der Waals surface area contributed by atoms with Gasteiger partial charge in [0.25, 0.3) is 5.56 Å². The minimum atomic E-state index is -3.60. The highest BCUT2D eigenvalue weighted by Gasteiger charge is 2.22. The van der Waals surface area contributed by atoms with Crippen molar-refractivity contribution >= 4 is 32.5 Å². The topological polar surface area (TPSA) is 114 Å². The number of benzene rings is 2. The molecule has 3 aromatic rings. The molecule has 1 amide bonds. The molecular formula is C19H21N5O4S. The summed E-state index contributed by atoms with van der Waals surface area (Å²) in [5, 5.41) is 10.7. The van der Waals surface area contributed by atoms with E-state index in [-0.39, 0.29) is 17.5 Å². The fourth-order valence-corrected chi connectivity index (χ4v) is 3.99. The van der Waals surface area contributed by atoms with Crippen LogP contribution in [-0.2, 0) is 21.4 Å². The summed E-state index contributed by atoms with van der Waals surface area (Å²) in [5.74, 6) is -0.480. The average Bonchev–Trinajstić information content (AvgIpc) is 2.70. The summed E-state index contributed by atoms with van der Waals surface area (Å²) in [6.45, 7) is 3.25. The summed E-state index contributed by atoms with van der Waals surface area (Å²) < 4.78 is 27.2. The lowest BCUT2D eigenvalue weighted by atomic mass is 10.2. The van der Waals surface area contributed by atoms with Crippen LogP contribution < -0.4 is 10.9 Å². The Morgan fingerprint density at radius 1 is 1.14 bits per heavy atom. The summed E-state index contributed by atoms with van der Waals surface area (Å²) in [6, 6.07) is 12.4. The van der Waals surface area contributed by atoms with E-state index in [0.717, 1.165) is 4.68 Å². The van der Waals surface area contributed by atoms with E-state index in [2.05, 4.69) is 15.6 Å². The van der Waals surface area contributed by atoms with Crippen LogP contribution in [0.4, 0.5) is 5.69 Å². The van der Waals surface area contributed by atoms with E-state index in [1.54, 1.807) is 38.1 Å². The Labute approximate surface area is 168 Å².